The predicted molar refractivity (Wildman–Crippen MR) is 205 cm³/mol. The lowest BCUT2D eigenvalue weighted by atomic mass is 9.67. The van der Waals surface area contributed by atoms with E-state index in [0.717, 1.165) is 66.4 Å². The second kappa shape index (κ2) is 10.6. The van der Waals surface area contributed by atoms with Gasteiger partial charge >= 0.3 is 0 Å². The topological polar surface area (TPSA) is 52.1 Å². The summed E-state index contributed by atoms with van der Waals surface area (Å²) in [6.07, 6.45) is 3.70. The Hall–Kier alpha value is -6.78. The van der Waals surface area contributed by atoms with Crippen LogP contribution in [0.4, 0.5) is 0 Å². The van der Waals surface area contributed by atoms with E-state index in [4.69, 9.17) is 18.8 Å². The summed E-state index contributed by atoms with van der Waals surface area (Å²) in [6, 6.07) is 56.2. The Labute approximate surface area is 293 Å². The third-order valence-corrected chi connectivity index (χ3v) is 10.7. The summed E-state index contributed by atoms with van der Waals surface area (Å²) in [5.74, 6) is 0. The monoisotopic (exact) mass is 652 g/mol. The van der Waals surface area contributed by atoms with Crippen molar-refractivity contribution in [3.63, 3.8) is 0 Å². The lowest BCUT2D eigenvalue weighted by molar-refractivity contribution is 0.666. The number of pyridine rings is 2. The molecule has 0 spiro atoms. The second-order valence-corrected chi connectivity index (χ2v) is 13.3. The van der Waals surface area contributed by atoms with Crippen molar-refractivity contribution in [2.24, 2.45) is 0 Å². The van der Waals surface area contributed by atoms with E-state index in [1.54, 1.807) is 0 Å². The van der Waals surface area contributed by atoms with Crippen molar-refractivity contribution in [3.05, 3.63) is 192 Å². The molecule has 1 aliphatic rings. The fourth-order valence-electron chi connectivity index (χ4n) is 8.43. The molecule has 0 amide bonds. The minimum absolute atomic E-state index is 0.585. The van der Waals surface area contributed by atoms with Crippen LogP contribution in [0.15, 0.2) is 179 Å². The number of rotatable bonds is 4. The zero-order valence-electron chi connectivity index (χ0n) is 27.4. The summed E-state index contributed by atoms with van der Waals surface area (Å²) in [5.41, 5.74) is 14.0. The lowest BCUT2D eigenvalue weighted by Gasteiger charge is -2.34. The molecule has 238 valence electrons. The molecule has 0 radical (unpaired) electrons. The van der Waals surface area contributed by atoms with Crippen LogP contribution in [-0.4, -0.2) is 9.97 Å². The first-order chi connectivity index (χ1) is 25.3. The second-order valence-electron chi connectivity index (χ2n) is 13.3. The van der Waals surface area contributed by atoms with Crippen molar-refractivity contribution in [3.8, 4) is 33.6 Å². The molecular weight excluding hydrogens is 625 g/mol. The number of aromatic nitrogens is 2. The van der Waals surface area contributed by atoms with Crippen LogP contribution in [0.2, 0.25) is 0 Å². The highest BCUT2D eigenvalue weighted by Gasteiger charge is 2.46. The molecule has 51 heavy (non-hydrogen) atoms. The van der Waals surface area contributed by atoms with Crippen LogP contribution in [0.25, 0.3) is 77.5 Å². The molecule has 6 aromatic carbocycles. The first kappa shape index (κ1) is 28.1. The van der Waals surface area contributed by atoms with Gasteiger partial charge in [0.2, 0.25) is 0 Å². The van der Waals surface area contributed by atoms with E-state index in [-0.39, 0.29) is 0 Å². The van der Waals surface area contributed by atoms with Gasteiger partial charge in [0.25, 0.3) is 0 Å². The molecule has 10 aromatic rings. The molecule has 4 heteroatoms. The minimum atomic E-state index is -0.585. The molecular formula is C47H28N2O2. The van der Waals surface area contributed by atoms with Gasteiger partial charge in [0.15, 0.2) is 11.2 Å². The number of para-hydroxylation sites is 2. The molecule has 11 rings (SSSR count). The Balaban J connectivity index is 1.14. The SMILES string of the molecule is c1cc(-c2cc3c(cn2)oc2ccccc23)cc(C2(c3cccc(-c4cc5c(cn4)oc4ccccc45)c3)c3ccccc3-c3ccccc32)c1. The molecule has 4 aromatic heterocycles. The molecule has 0 N–H and O–H groups in total. The Kier molecular flexibility index (Phi) is 5.84. The molecule has 0 fully saturated rings. The van der Waals surface area contributed by atoms with Crippen LogP contribution >= 0.6 is 0 Å². The van der Waals surface area contributed by atoms with Crippen LogP contribution in [0, 0.1) is 0 Å². The fraction of sp³-hybridized carbons (Fsp3) is 0.0213. The molecule has 0 saturated heterocycles. The van der Waals surface area contributed by atoms with Crippen LogP contribution in [-0.2, 0) is 5.41 Å². The van der Waals surface area contributed by atoms with Gasteiger partial charge in [-0.15, -0.1) is 0 Å². The van der Waals surface area contributed by atoms with Crippen LogP contribution in [0.1, 0.15) is 22.3 Å². The summed E-state index contributed by atoms with van der Waals surface area (Å²) in [4.78, 5) is 9.82. The van der Waals surface area contributed by atoms with Crippen molar-refractivity contribution >= 4 is 43.9 Å². The quantitative estimate of drug-likeness (QED) is 0.190. The highest BCUT2D eigenvalue weighted by molar-refractivity contribution is 6.06. The van der Waals surface area contributed by atoms with Crippen molar-refractivity contribution in [2.75, 3.05) is 0 Å². The highest BCUT2D eigenvalue weighted by atomic mass is 16.3. The Bertz CT molecular complexity index is 2800. The Morgan fingerprint density at radius 2 is 0.824 bits per heavy atom. The number of nitrogens with zero attached hydrogens (tertiary/aromatic N) is 2. The van der Waals surface area contributed by atoms with Crippen molar-refractivity contribution in [1.29, 1.82) is 0 Å². The molecule has 4 heterocycles. The first-order valence-corrected chi connectivity index (χ1v) is 17.2. The van der Waals surface area contributed by atoms with Gasteiger partial charge in [0.05, 0.1) is 29.2 Å². The van der Waals surface area contributed by atoms with E-state index < -0.39 is 5.41 Å². The molecule has 0 unspecified atom stereocenters. The van der Waals surface area contributed by atoms with Crippen molar-refractivity contribution in [1.82, 2.24) is 9.97 Å². The number of hydrogen-bond acceptors (Lipinski definition) is 4. The van der Waals surface area contributed by atoms with Gasteiger partial charge in [-0.3, -0.25) is 9.97 Å². The number of furan rings is 2. The van der Waals surface area contributed by atoms with Crippen LogP contribution < -0.4 is 0 Å². The molecule has 0 saturated carbocycles. The summed E-state index contributed by atoms with van der Waals surface area (Å²) < 4.78 is 12.2. The van der Waals surface area contributed by atoms with Gasteiger partial charge in [0.1, 0.15) is 11.2 Å². The van der Waals surface area contributed by atoms with E-state index in [2.05, 4.69) is 133 Å². The third kappa shape index (κ3) is 4.02. The van der Waals surface area contributed by atoms with E-state index in [0.29, 0.717) is 0 Å². The van der Waals surface area contributed by atoms with Gasteiger partial charge in [-0.05, 0) is 69.8 Å². The van der Waals surface area contributed by atoms with Crippen molar-refractivity contribution < 1.29 is 8.83 Å². The predicted octanol–water partition coefficient (Wildman–Crippen LogP) is 12.0. The zero-order chi connectivity index (χ0) is 33.5. The largest absolute Gasteiger partial charge is 0.454 e. The van der Waals surface area contributed by atoms with Crippen molar-refractivity contribution in [2.45, 2.75) is 5.41 Å². The molecule has 0 aliphatic heterocycles. The summed E-state index contributed by atoms with van der Waals surface area (Å²) in [6.45, 7) is 0. The third-order valence-electron chi connectivity index (χ3n) is 10.7. The van der Waals surface area contributed by atoms with Gasteiger partial charge in [0, 0.05) is 32.7 Å². The minimum Gasteiger partial charge on any atom is -0.454 e. The maximum atomic E-state index is 6.12. The maximum absolute atomic E-state index is 6.12. The molecule has 4 nitrogen and oxygen atoms in total. The van der Waals surface area contributed by atoms with E-state index >= 15 is 0 Å². The molecule has 1 aliphatic carbocycles. The number of benzene rings is 6. The van der Waals surface area contributed by atoms with Gasteiger partial charge < -0.3 is 8.83 Å². The van der Waals surface area contributed by atoms with Gasteiger partial charge in [-0.25, -0.2) is 0 Å². The van der Waals surface area contributed by atoms with E-state index in [1.165, 1.54) is 33.4 Å². The maximum Gasteiger partial charge on any atom is 0.153 e. The average Bonchev–Trinajstić information content (AvgIpc) is 3.86. The number of fused-ring (bicyclic) bond motifs is 9. The average molecular weight is 653 g/mol. The summed E-state index contributed by atoms with van der Waals surface area (Å²) in [7, 11) is 0. The number of hydrogen-bond donors (Lipinski definition) is 0. The lowest BCUT2D eigenvalue weighted by Crippen LogP contribution is -2.28. The Morgan fingerprint density at radius 1 is 0.373 bits per heavy atom. The first-order valence-electron chi connectivity index (χ1n) is 17.2. The summed E-state index contributed by atoms with van der Waals surface area (Å²) in [5, 5.41) is 4.31. The molecule has 0 atom stereocenters. The smallest absolute Gasteiger partial charge is 0.153 e. The zero-order valence-corrected chi connectivity index (χ0v) is 27.4. The van der Waals surface area contributed by atoms with E-state index in [1.807, 2.05) is 36.7 Å². The standard InChI is InChI=1S/C47H28N2O2/c1-5-19-39-33(15-1)34-16-2-6-20-40(34)47(39,31-13-9-11-29(23-31)41-25-37-35-17-3-7-21-43(35)50-45(37)27-48-41)32-14-10-12-30(24-32)42-26-38-36-18-4-8-22-44(36)51-46(38)28-49-42/h1-28H. The van der Waals surface area contributed by atoms with Crippen LogP contribution in [0.5, 0.6) is 0 Å². The highest BCUT2D eigenvalue weighted by Crippen LogP contribution is 2.56. The van der Waals surface area contributed by atoms with Gasteiger partial charge in [-0.2, -0.15) is 0 Å². The normalized spacial score (nSPS) is 13.3. The fourth-order valence-corrected chi connectivity index (χ4v) is 8.43. The molecule has 0 bridgehead atoms. The van der Waals surface area contributed by atoms with Gasteiger partial charge in [-0.1, -0.05) is 121 Å². The van der Waals surface area contributed by atoms with E-state index in [9.17, 15) is 0 Å². The van der Waals surface area contributed by atoms with Crippen LogP contribution in [0.3, 0.4) is 0 Å². The Morgan fingerprint density at radius 3 is 1.33 bits per heavy atom. The summed E-state index contributed by atoms with van der Waals surface area (Å²) >= 11 is 0.